The Bertz CT molecular complexity index is 1680. The normalized spacial score (nSPS) is 10.2. The number of fused-ring (bicyclic) bond motifs is 1. The van der Waals surface area contributed by atoms with E-state index in [1.54, 1.807) is 7.11 Å². The van der Waals surface area contributed by atoms with E-state index in [4.69, 9.17) is 4.74 Å². The van der Waals surface area contributed by atoms with Gasteiger partial charge in [0.25, 0.3) is 5.91 Å². The number of rotatable bonds is 8. The minimum Gasteiger partial charge on any atom is -0.497 e. The predicted molar refractivity (Wildman–Crippen MR) is 179 cm³/mol. The molecule has 0 saturated carbocycles. The Morgan fingerprint density at radius 1 is 0.860 bits per heavy atom. The number of carbonyl (C=O) groups is 2. The van der Waals surface area contributed by atoms with Crippen LogP contribution in [0.3, 0.4) is 0 Å². The number of amides is 1. The molecular weight excluding hydrogens is 532 g/mol. The van der Waals surface area contributed by atoms with Crippen molar-refractivity contribution >= 4 is 23.1 Å². The van der Waals surface area contributed by atoms with Crippen LogP contribution in [0.25, 0.3) is 22.0 Å². The van der Waals surface area contributed by atoms with Crippen LogP contribution < -0.4 is 10.1 Å². The molecule has 5 aromatic rings. The van der Waals surface area contributed by atoms with Gasteiger partial charge in [0.15, 0.2) is 6.29 Å². The Hall–Kier alpha value is -4.64. The number of benzene rings is 4. The number of ether oxygens (including phenoxy) is 1. The summed E-state index contributed by atoms with van der Waals surface area (Å²) in [5.41, 5.74) is 10.0. The maximum Gasteiger partial charge on any atom is 0.251 e. The number of hydrogen-bond donors (Lipinski definition) is 1. The van der Waals surface area contributed by atoms with Crippen molar-refractivity contribution < 1.29 is 14.3 Å². The first-order valence-corrected chi connectivity index (χ1v) is 15.0. The molecule has 1 aromatic heterocycles. The van der Waals surface area contributed by atoms with E-state index in [9.17, 15) is 9.59 Å². The summed E-state index contributed by atoms with van der Waals surface area (Å²) in [6, 6.07) is 27.8. The molecule has 0 aliphatic carbocycles. The fourth-order valence-corrected chi connectivity index (χ4v) is 5.10. The molecule has 1 heterocycles. The van der Waals surface area contributed by atoms with Crippen molar-refractivity contribution in [3.8, 4) is 16.9 Å². The minimum absolute atomic E-state index is 0.0943. The lowest BCUT2D eigenvalue weighted by Gasteiger charge is -2.11. The Labute approximate surface area is 256 Å². The predicted octanol–water partition coefficient (Wildman–Crippen LogP) is 9.09. The summed E-state index contributed by atoms with van der Waals surface area (Å²) < 4.78 is 7.57. The highest BCUT2D eigenvalue weighted by atomic mass is 16.5. The first-order chi connectivity index (χ1) is 20.9. The van der Waals surface area contributed by atoms with Crippen LogP contribution in [-0.4, -0.2) is 23.9 Å². The molecular formula is C38H44N2O3. The Kier molecular flexibility index (Phi) is 11.9. The summed E-state index contributed by atoms with van der Waals surface area (Å²) in [5, 5.41) is 4.14. The molecule has 5 heteroatoms. The Morgan fingerprint density at radius 2 is 1.56 bits per heavy atom. The molecule has 0 atom stereocenters. The van der Waals surface area contributed by atoms with Gasteiger partial charge >= 0.3 is 0 Å². The van der Waals surface area contributed by atoms with Gasteiger partial charge in [0, 0.05) is 40.8 Å². The van der Waals surface area contributed by atoms with E-state index >= 15 is 0 Å². The summed E-state index contributed by atoms with van der Waals surface area (Å²) in [7, 11) is 1.65. The van der Waals surface area contributed by atoms with E-state index in [2.05, 4.69) is 48.0 Å². The molecule has 5 rings (SSSR count). The monoisotopic (exact) mass is 576 g/mol. The van der Waals surface area contributed by atoms with Crippen LogP contribution in [0.1, 0.15) is 76.4 Å². The second-order valence-electron chi connectivity index (χ2n) is 9.91. The molecule has 43 heavy (non-hydrogen) atoms. The number of aryl methyl sites for hydroxylation is 2. The fourth-order valence-electron chi connectivity index (χ4n) is 5.10. The SMILES string of the molecule is CC.CC.COc1ccc(CNC(=O)c2ccc3c(c2)c(C)c(C)n3Cc2ccc(-c3ccccc3C=O)cc2)c(C)c1. The molecule has 0 unspecified atom stereocenters. The topological polar surface area (TPSA) is 60.3 Å². The zero-order valence-corrected chi connectivity index (χ0v) is 26.7. The quantitative estimate of drug-likeness (QED) is 0.187. The maximum absolute atomic E-state index is 13.0. The number of aldehydes is 1. The maximum atomic E-state index is 13.0. The fraction of sp³-hybridized carbons (Fsp3) is 0.263. The van der Waals surface area contributed by atoms with Gasteiger partial charge in [-0.3, -0.25) is 9.59 Å². The molecule has 0 radical (unpaired) electrons. The molecule has 0 bridgehead atoms. The minimum atomic E-state index is -0.0943. The van der Waals surface area contributed by atoms with E-state index < -0.39 is 0 Å². The zero-order valence-electron chi connectivity index (χ0n) is 26.7. The third-order valence-corrected chi connectivity index (χ3v) is 7.58. The number of carbonyl (C=O) groups excluding carboxylic acids is 2. The van der Waals surface area contributed by atoms with E-state index in [1.807, 2.05) is 95.3 Å². The molecule has 0 aliphatic heterocycles. The number of hydrogen-bond acceptors (Lipinski definition) is 3. The average molecular weight is 577 g/mol. The zero-order chi connectivity index (χ0) is 31.5. The third kappa shape index (κ3) is 7.42. The van der Waals surface area contributed by atoms with E-state index in [-0.39, 0.29) is 5.91 Å². The first-order valence-electron chi connectivity index (χ1n) is 15.0. The summed E-state index contributed by atoms with van der Waals surface area (Å²) in [4.78, 5) is 24.5. The average Bonchev–Trinajstić information content (AvgIpc) is 3.30. The summed E-state index contributed by atoms with van der Waals surface area (Å²) >= 11 is 0. The molecule has 1 amide bonds. The Balaban J connectivity index is 0.00000121. The standard InChI is InChI=1S/C34H32N2O3.2C2H6/c1-22-17-30(39-4)15-13-28(22)19-35-34(38)27-14-16-33-32(18-27)23(2)24(3)36(33)20-25-9-11-26(12-10-25)31-8-6-5-7-29(31)21-37;2*1-2/h5-18,21H,19-20H2,1-4H3,(H,35,38);2*1-2H3. The van der Waals surface area contributed by atoms with Crippen LogP contribution in [0.2, 0.25) is 0 Å². The smallest absolute Gasteiger partial charge is 0.251 e. The summed E-state index contributed by atoms with van der Waals surface area (Å²) in [5.74, 6) is 0.714. The third-order valence-electron chi connectivity index (χ3n) is 7.58. The van der Waals surface area contributed by atoms with Crippen molar-refractivity contribution in [3.63, 3.8) is 0 Å². The number of aromatic nitrogens is 1. The first kappa shape index (κ1) is 32.9. The second kappa shape index (κ2) is 15.5. The van der Waals surface area contributed by atoms with Gasteiger partial charge in [0.2, 0.25) is 0 Å². The van der Waals surface area contributed by atoms with Gasteiger partial charge in [-0.1, -0.05) is 82.3 Å². The molecule has 4 aromatic carbocycles. The molecule has 1 N–H and O–H groups in total. The van der Waals surface area contributed by atoms with Crippen molar-refractivity contribution in [2.24, 2.45) is 0 Å². The lowest BCUT2D eigenvalue weighted by Crippen LogP contribution is -2.23. The van der Waals surface area contributed by atoms with E-state index in [0.717, 1.165) is 45.2 Å². The summed E-state index contributed by atoms with van der Waals surface area (Å²) in [6.07, 6.45) is 0.899. The van der Waals surface area contributed by atoms with Gasteiger partial charge in [-0.15, -0.1) is 0 Å². The van der Waals surface area contributed by atoms with Crippen molar-refractivity contribution in [1.82, 2.24) is 9.88 Å². The highest BCUT2D eigenvalue weighted by molar-refractivity contribution is 5.99. The van der Waals surface area contributed by atoms with Gasteiger partial charge in [-0.05, 0) is 84.5 Å². The highest BCUT2D eigenvalue weighted by Crippen LogP contribution is 2.29. The van der Waals surface area contributed by atoms with E-state index in [1.165, 1.54) is 16.8 Å². The number of nitrogens with one attached hydrogen (secondary N) is 1. The van der Waals surface area contributed by atoms with E-state index in [0.29, 0.717) is 24.2 Å². The van der Waals surface area contributed by atoms with Gasteiger partial charge in [0.1, 0.15) is 5.75 Å². The molecule has 0 aliphatic rings. The van der Waals surface area contributed by atoms with Gasteiger partial charge in [-0.25, -0.2) is 0 Å². The van der Waals surface area contributed by atoms with Crippen molar-refractivity contribution in [2.75, 3.05) is 7.11 Å². The molecule has 5 nitrogen and oxygen atoms in total. The second-order valence-corrected chi connectivity index (χ2v) is 9.91. The molecule has 0 spiro atoms. The van der Waals surface area contributed by atoms with Crippen molar-refractivity contribution in [1.29, 1.82) is 0 Å². The highest BCUT2D eigenvalue weighted by Gasteiger charge is 2.15. The Morgan fingerprint density at radius 3 is 2.21 bits per heavy atom. The van der Waals surface area contributed by atoms with Crippen LogP contribution in [-0.2, 0) is 13.1 Å². The van der Waals surface area contributed by atoms with Crippen molar-refractivity contribution in [2.45, 2.75) is 61.6 Å². The molecule has 224 valence electrons. The lowest BCUT2D eigenvalue weighted by atomic mass is 9.99. The van der Waals surface area contributed by atoms with Crippen LogP contribution in [0, 0.1) is 20.8 Å². The van der Waals surface area contributed by atoms with Crippen LogP contribution in [0.15, 0.2) is 84.9 Å². The molecule has 0 fully saturated rings. The largest absolute Gasteiger partial charge is 0.497 e. The lowest BCUT2D eigenvalue weighted by molar-refractivity contribution is 0.0950. The van der Waals surface area contributed by atoms with Crippen LogP contribution in [0.5, 0.6) is 5.75 Å². The van der Waals surface area contributed by atoms with Gasteiger partial charge in [-0.2, -0.15) is 0 Å². The van der Waals surface area contributed by atoms with Gasteiger partial charge < -0.3 is 14.6 Å². The number of nitrogens with zero attached hydrogens (tertiary/aromatic N) is 1. The summed E-state index contributed by atoms with van der Waals surface area (Å²) in [6.45, 7) is 15.4. The molecule has 0 saturated heterocycles. The van der Waals surface area contributed by atoms with Gasteiger partial charge in [0.05, 0.1) is 7.11 Å². The number of methoxy groups -OCH3 is 1. The van der Waals surface area contributed by atoms with Crippen LogP contribution >= 0.6 is 0 Å². The van der Waals surface area contributed by atoms with Crippen LogP contribution in [0.4, 0.5) is 0 Å². The van der Waals surface area contributed by atoms with Crippen molar-refractivity contribution in [3.05, 3.63) is 124 Å².